The van der Waals surface area contributed by atoms with Crippen molar-refractivity contribution in [3.63, 3.8) is 0 Å². The molecular weight excluding hydrogens is 233 g/mol. The molecule has 1 aromatic heterocycles. The van der Waals surface area contributed by atoms with E-state index in [2.05, 4.69) is 4.98 Å². The van der Waals surface area contributed by atoms with Crippen LogP contribution in [-0.4, -0.2) is 17.8 Å². The van der Waals surface area contributed by atoms with Crippen molar-refractivity contribution >= 4 is 0 Å². The zero-order valence-electron chi connectivity index (χ0n) is 9.55. The maximum atomic E-state index is 11.9. The standard InChI is InChI=1S/C11H15F3N2O/c1-8-3-5-16-10(9(8)7-15)17-6-2-4-11(12,13)14/h3,5H,2,4,6-7,15H2,1H3. The molecule has 1 rings (SSSR count). The summed E-state index contributed by atoms with van der Waals surface area (Å²) in [4.78, 5) is 3.96. The summed E-state index contributed by atoms with van der Waals surface area (Å²) in [6, 6.07) is 1.78. The van der Waals surface area contributed by atoms with Crippen LogP contribution in [-0.2, 0) is 6.54 Å². The van der Waals surface area contributed by atoms with Crippen molar-refractivity contribution < 1.29 is 17.9 Å². The van der Waals surface area contributed by atoms with E-state index in [1.807, 2.05) is 6.92 Å². The van der Waals surface area contributed by atoms with Crippen LogP contribution in [0.3, 0.4) is 0 Å². The summed E-state index contributed by atoms with van der Waals surface area (Å²) in [6.07, 6.45) is -3.52. The molecule has 0 amide bonds. The second-order valence-corrected chi connectivity index (χ2v) is 3.68. The smallest absolute Gasteiger partial charge is 0.389 e. The second kappa shape index (κ2) is 5.86. The average molecular weight is 248 g/mol. The first-order valence-corrected chi connectivity index (χ1v) is 5.28. The first-order valence-electron chi connectivity index (χ1n) is 5.28. The number of nitrogens with two attached hydrogens (primary N) is 1. The molecule has 0 radical (unpaired) electrons. The van der Waals surface area contributed by atoms with Crippen molar-refractivity contribution in [1.82, 2.24) is 4.98 Å². The molecule has 1 aromatic rings. The van der Waals surface area contributed by atoms with Gasteiger partial charge in [-0.05, 0) is 25.0 Å². The van der Waals surface area contributed by atoms with E-state index in [-0.39, 0.29) is 19.6 Å². The van der Waals surface area contributed by atoms with Gasteiger partial charge in [0, 0.05) is 24.7 Å². The number of nitrogens with zero attached hydrogens (tertiary/aromatic N) is 1. The lowest BCUT2D eigenvalue weighted by Gasteiger charge is -2.11. The minimum atomic E-state index is -4.14. The Morgan fingerprint density at radius 1 is 1.41 bits per heavy atom. The summed E-state index contributed by atoms with van der Waals surface area (Å²) in [7, 11) is 0. The van der Waals surface area contributed by atoms with Crippen molar-refractivity contribution in [2.75, 3.05) is 6.61 Å². The van der Waals surface area contributed by atoms with Gasteiger partial charge in [-0.25, -0.2) is 4.98 Å². The van der Waals surface area contributed by atoms with Gasteiger partial charge in [-0.3, -0.25) is 0 Å². The van der Waals surface area contributed by atoms with E-state index in [0.717, 1.165) is 11.1 Å². The van der Waals surface area contributed by atoms with Gasteiger partial charge in [0.2, 0.25) is 5.88 Å². The lowest BCUT2D eigenvalue weighted by molar-refractivity contribution is -0.136. The third kappa shape index (κ3) is 4.60. The molecule has 0 bridgehead atoms. The van der Waals surface area contributed by atoms with Gasteiger partial charge >= 0.3 is 6.18 Å². The van der Waals surface area contributed by atoms with Gasteiger partial charge < -0.3 is 10.5 Å². The van der Waals surface area contributed by atoms with Crippen molar-refractivity contribution in [2.24, 2.45) is 5.73 Å². The zero-order valence-corrected chi connectivity index (χ0v) is 9.55. The molecule has 0 fully saturated rings. The Hall–Kier alpha value is -1.30. The number of pyridine rings is 1. The van der Waals surface area contributed by atoms with Crippen molar-refractivity contribution in [1.29, 1.82) is 0 Å². The van der Waals surface area contributed by atoms with Crippen LogP contribution in [0.5, 0.6) is 5.88 Å². The molecule has 1 heterocycles. The molecule has 0 spiro atoms. The van der Waals surface area contributed by atoms with E-state index in [0.29, 0.717) is 5.88 Å². The summed E-state index contributed by atoms with van der Waals surface area (Å²) in [6.45, 7) is 2.10. The Bertz CT molecular complexity index is 366. The quantitative estimate of drug-likeness (QED) is 0.815. The van der Waals surface area contributed by atoms with Gasteiger partial charge in [0.15, 0.2) is 0 Å². The Morgan fingerprint density at radius 2 is 2.12 bits per heavy atom. The minimum absolute atomic E-state index is 0.0109. The maximum Gasteiger partial charge on any atom is 0.389 e. The molecular formula is C11H15F3N2O. The molecule has 6 heteroatoms. The van der Waals surface area contributed by atoms with Crippen molar-refractivity contribution in [2.45, 2.75) is 32.5 Å². The van der Waals surface area contributed by atoms with Crippen LogP contribution < -0.4 is 10.5 Å². The summed E-state index contributed by atoms with van der Waals surface area (Å²) < 4.78 is 40.9. The number of hydrogen-bond acceptors (Lipinski definition) is 3. The highest BCUT2D eigenvalue weighted by Gasteiger charge is 2.26. The molecule has 0 saturated carbocycles. The first kappa shape index (κ1) is 13.8. The Labute approximate surface area is 97.8 Å². The largest absolute Gasteiger partial charge is 0.477 e. The second-order valence-electron chi connectivity index (χ2n) is 3.68. The number of aryl methyl sites for hydroxylation is 1. The van der Waals surface area contributed by atoms with Crippen LogP contribution in [0.2, 0.25) is 0 Å². The highest BCUT2D eigenvalue weighted by Crippen LogP contribution is 2.22. The molecule has 0 aliphatic heterocycles. The van der Waals surface area contributed by atoms with Gasteiger partial charge in [-0.1, -0.05) is 0 Å². The predicted octanol–water partition coefficient (Wildman–Crippen LogP) is 2.57. The number of halogens is 3. The van der Waals surface area contributed by atoms with Crippen LogP contribution in [0.15, 0.2) is 12.3 Å². The Kier molecular flexibility index (Phi) is 4.74. The van der Waals surface area contributed by atoms with E-state index in [1.54, 1.807) is 12.3 Å². The molecule has 17 heavy (non-hydrogen) atoms. The Balaban J connectivity index is 2.49. The molecule has 0 unspecified atom stereocenters. The molecule has 0 aliphatic carbocycles. The van der Waals surface area contributed by atoms with Gasteiger partial charge in [0.05, 0.1) is 6.61 Å². The van der Waals surface area contributed by atoms with Crippen molar-refractivity contribution in [3.05, 3.63) is 23.4 Å². The molecule has 0 saturated heterocycles. The van der Waals surface area contributed by atoms with E-state index >= 15 is 0 Å². The van der Waals surface area contributed by atoms with Crippen LogP contribution >= 0.6 is 0 Å². The molecule has 0 atom stereocenters. The summed E-state index contributed by atoms with van der Waals surface area (Å²) in [5, 5.41) is 0. The van der Waals surface area contributed by atoms with Gasteiger partial charge in [-0.2, -0.15) is 13.2 Å². The predicted molar refractivity (Wildman–Crippen MR) is 57.6 cm³/mol. The summed E-state index contributed by atoms with van der Waals surface area (Å²) >= 11 is 0. The van der Waals surface area contributed by atoms with E-state index in [1.165, 1.54) is 0 Å². The molecule has 2 N–H and O–H groups in total. The number of alkyl halides is 3. The molecule has 96 valence electrons. The maximum absolute atomic E-state index is 11.9. The fourth-order valence-electron chi connectivity index (χ4n) is 1.38. The van der Waals surface area contributed by atoms with Crippen molar-refractivity contribution in [3.8, 4) is 5.88 Å². The average Bonchev–Trinajstić information content (AvgIpc) is 2.23. The van der Waals surface area contributed by atoms with E-state index in [4.69, 9.17) is 10.5 Å². The van der Waals surface area contributed by atoms with E-state index < -0.39 is 12.6 Å². The lowest BCUT2D eigenvalue weighted by Crippen LogP contribution is -2.11. The van der Waals surface area contributed by atoms with Crippen LogP contribution in [0, 0.1) is 6.92 Å². The highest BCUT2D eigenvalue weighted by molar-refractivity contribution is 5.33. The fourth-order valence-corrected chi connectivity index (χ4v) is 1.38. The fraction of sp³-hybridized carbons (Fsp3) is 0.545. The summed E-state index contributed by atoms with van der Waals surface area (Å²) in [5.41, 5.74) is 7.18. The zero-order chi connectivity index (χ0) is 12.9. The first-order chi connectivity index (χ1) is 7.94. The number of rotatable bonds is 5. The monoisotopic (exact) mass is 248 g/mol. The molecule has 0 aromatic carbocycles. The SMILES string of the molecule is Cc1ccnc(OCCCC(F)(F)F)c1CN. The topological polar surface area (TPSA) is 48.1 Å². The lowest BCUT2D eigenvalue weighted by atomic mass is 10.1. The summed E-state index contributed by atoms with van der Waals surface area (Å²) in [5.74, 6) is 0.328. The number of aromatic nitrogens is 1. The van der Waals surface area contributed by atoms with Crippen LogP contribution in [0.4, 0.5) is 13.2 Å². The van der Waals surface area contributed by atoms with Crippen LogP contribution in [0.25, 0.3) is 0 Å². The van der Waals surface area contributed by atoms with Gasteiger partial charge in [0.1, 0.15) is 0 Å². The number of hydrogen-bond donors (Lipinski definition) is 1. The normalized spacial score (nSPS) is 11.6. The van der Waals surface area contributed by atoms with Gasteiger partial charge in [0.25, 0.3) is 0 Å². The third-order valence-electron chi connectivity index (χ3n) is 2.30. The highest BCUT2D eigenvalue weighted by atomic mass is 19.4. The molecule has 3 nitrogen and oxygen atoms in total. The van der Waals surface area contributed by atoms with Gasteiger partial charge in [-0.15, -0.1) is 0 Å². The Morgan fingerprint density at radius 3 is 2.71 bits per heavy atom. The van der Waals surface area contributed by atoms with E-state index in [9.17, 15) is 13.2 Å². The third-order valence-corrected chi connectivity index (χ3v) is 2.30. The number of ether oxygens (including phenoxy) is 1. The van der Waals surface area contributed by atoms with Crippen LogP contribution in [0.1, 0.15) is 24.0 Å². The minimum Gasteiger partial charge on any atom is -0.477 e. The molecule has 0 aliphatic rings.